The van der Waals surface area contributed by atoms with Gasteiger partial charge in [-0.15, -0.1) is 0 Å². The molecular formula is C30H33BrClN3O5. The van der Waals surface area contributed by atoms with Gasteiger partial charge in [-0.25, -0.2) is 5.43 Å². The molecule has 40 heavy (non-hydrogen) atoms. The Hall–Kier alpha value is -3.56. The number of methoxy groups -OCH3 is 1. The number of carbonyl (C=O) groups is 2. The molecule has 0 saturated heterocycles. The predicted molar refractivity (Wildman–Crippen MR) is 160 cm³/mol. The van der Waals surface area contributed by atoms with E-state index in [2.05, 4.69) is 31.8 Å². The molecule has 1 atom stereocenters. The molecule has 2 N–H and O–H groups in total. The fourth-order valence-corrected chi connectivity index (χ4v) is 4.53. The van der Waals surface area contributed by atoms with Gasteiger partial charge in [-0.05, 0) is 70.6 Å². The zero-order valence-corrected chi connectivity index (χ0v) is 25.2. The van der Waals surface area contributed by atoms with E-state index >= 15 is 0 Å². The van der Waals surface area contributed by atoms with Gasteiger partial charge in [0, 0.05) is 10.6 Å². The third-order valence-corrected chi connectivity index (χ3v) is 6.74. The van der Waals surface area contributed by atoms with E-state index in [-0.39, 0.29) is 19.1 Å². The minimum Gasteiger partial charge on any atom is -0.493 e. The predicted octanol–water partition coefficient (Wildman–Crippen LogP) is 6.06. The van der Waals surface area contributed by atoms with Gasteiger partial charge in [0.2, 0.25) is 0 Å². The van der Waals surface area contributed by atoms with Gasteiger partial charge in [0.1, 0.15) is 18.4 Å². The summed E-state index contributed by atoms with van der Waals surface area (Å²) < 4.78 is 17.7. The maximum atomic E-state index is 12.9. The number of ether oxygens (including phenoxy) is 3. The van der Waals surface area contributed by atoms with Crippen LogP contribution in [0.25, 0.3) is 0 Å². The molecule has 0 radical (unpaired) electrons. The lowest BCUT2D eigenvalue weighted by atomic mass is 10.0. The number of rotatable bonds is 13. The molecule has 3 aromatic rings. The molecule has 10 heteroatoms. The summed E-state index contributed by atoms with van der Waals surface area (Å²) >= 11 is 9.75. The standard InChI is InChI=1S/C30H33BrClN3O5/c1-19(2)13-25(34-28(36)18-39-26-12-8-5-9-20(26)3)30(37)35-33-16-21-14-23(31)29(27(15-21)38-4)40-17-22-10-6-7-11-24(22)32/h5-12,14-16,19,25H,13,17-18H2,1-4H3,(H,34,36)(H,35,37)/b33-16-/t25-/m0/s1. The molecule has 0 aliphatic carbocycles. The summed E-state index contributed by atoms with van der Waals surface area (Å²) in [4.78, 5) is 25.4. The highest BCUT2D eigenvalue weighted by Gasteiger charge is 2.22. The number of carbonyl (C=O) groups excluding carboxylic acids is 2. The molecule has 0 unspecified atom stereocenters. The molecule has 2 amide bonds. The molecule has 8 nitrogen and oxygen atoms in total. The second-order valence-electron chi connectivity index (χ2n) is 9.45. The number of benzene rings is 3. The second-order valence-corrected chi connectivity index (χ2v) is 10.7. The van der Waals surface area contributed by atoms with Gasteiger partial charge >= 0.3 is 0 Å². The molecule has 0 bridgehead atoms. The average Bonchev–Trinajstić information content (AvgIpc) is 2.92. The number of amides is 2. The fourth-order valence-electron chi connectivity index (χ4n) is 3.77. The van der Waals surface area contributed by atoms with Crippen molar-refractivity contribution in [2.24, 2.45) is 11.0 Å². The Morgan fingerprint density at radius 3 is 2.48 bits per heavy atom. The summed E-state index contributed by atoms with van der Waals surface area (Å²) in [5.41, 5.74) is 4.94. The van der Waals surface area contributed by atoms with Crippen LogP contribution in [-0.4, -0.2) is 37.8 Å². The van der Waals surface area contributed by atoms with Crippen LogP contribution < -0.4 is 25.0 Å². The number of nitrogens with zero attached hydrogens (tertiary/aromatic N) is 1. The number of hydrogen-bond acceptors (Lipinski definition) is 6. The highest BCUT2D eigenvalue weighted by molar-refractivity contribution is 9.10. The van der Waals surface area contributed by atoms with Gasteiger partial charge in [0.25, 0.3) is 11.8 Å². The van der Waals surface area contributed by atoms with Crippen LogP contribution in [-0.2, 0) is 16.2 Å². The Morgan fingerprint density at radius 1 is 1.05 bits per heavy atom. The van der Waals surface area contributed by atoms with E-state index in [4.69, 9.17) is 25.8 Å². The van der Waals surface area contributed by atoms with Crippen LogP contribution in [0.3, 0.4) is 0 Å². The molecule has 3 aromatic carbocycles. The third kappa shape index (κ3) is 9.27. The first-order valence-electron chi connectivity index (χ1n) is 12.7. The van der Waals surface area contributed by atoms with E-state index in [1.165, 1.54) is 13.3 Å². The second kappa shape index (κ2) is 15.3. The quantitative estimate of drug-likeness (QED) is 0.177. The maximum absolute atomic E-state index is 12.9. The summed E-state index contributed by atoms with van der Waals surface area (Å²) in [6.45, 7) is 5.90. The van der Waals surface area contributed by atoms with E-state index in [1.54, 1.807) is 24.3 Å². The van der Waals surface area contributed by atoms with Gasteiger partial charge in [0.15, 0.2) is 18.1 Å². The van der Waals surface area contributed by atoms with E-state index in [0.29, 0.717) is 38.7 Å². The van der Waals surface area contributed by atoms with Crippen molar-refractivity contribution < 1.29 is 23.8 Å². The lowest BCUT2D eigenvalue weighted by molar-refractivity contribution is -0.130. The minimum atomic E-state index is -0.771. The van der Waals surface area contributed by atoms with Crippen molar-refractivity contribution in [2.45, 2.75) is 39.8 Å². The van der Waals surface area contributed by atoms with Crippen LogP contribution in [0.15, 0.2) is 70.2 Å². The van der Waals surface area contributed by atoms with Crippen molar-refractivity contribution >= 4 is 45.6 Å². The Kier molecular flexibility index (Phi) is 11.8. The van der Waals surface area contributed by atoms with Gasteiger partial charge in [-0.1, -0.05) is 61.8 Å². The lowest BCUT2D eigenvalue weighted by Gasteiger charge is -2.19. The Balaban J connectivity index is 1.61. The number of aryl methyl sites for hydroxylation is 1. The number of hydrazone groups is 1. The van der Waals surface area contributed by atoms with Crippen LogP contribution in [0.5, 0.6) is 17.2 Å². The van der Waals surface area contributed by atoms with E-state index in [9.17, 15) is 9.59 Å². The van der Waals surface area contributed by atoms with E-state index in [0.717, 1.165) is 11.1 Å². The first-order chi connectivity index (χ1) is 19.2. The van der Waals surface area contributed by atoms with Crippen molar-refractivity contribution in [1.29, 1.82) is 0 Å². The SMILES string of the molecule is COc1cc(/C=N\NC(=O)[C@H](CC(C)C)NC(=O)COc2ccccc2C)cc(Br)c1OCc1ccccc1Cl. The maximum Gasteiger partial charge on any atom is 0.262 e. The number of halogens is 2. The van der Waals surface area contributed by atoms with Gasteiger partial charge in [0.05, 0.1) is 17.8 Å². The van der Waals surface area contributed by atoms with Crippen molar-refractivity contribution in [1.82, 2.24) is 10.7 Å². The van der Waals surface area contributed by atoms with Crippen LogP contribution in [0, 0.1) is 12.8 Å². The molecule has 0 fully saturated rings. The van der Waals surface area contributed by atoms with Crippen LogP contribution in [0.4, 0.5) is 0 Å². The molecule has 0 heterocycles. The zero-order chi connectivity index (χ0) is 29.1. The summed E-state index contributed by atoms with van der Waals surface area (Å²) in [7, 11) is 1.54. The Labute approximate surface area is 248 Å². The lowest BCUT2D eigenvalue weighted by Crippen LogP contribution is -2.47. The Bertz CT molecular complexity index is 1350. The minimum absolute atomic E-state index is 0.163. The number of nitrogens with one attached hydrogen (secondary N) is 2. The first-order valence-corrected chi connectivity index (χ1v) is 13.9. The topological polar surface area (TPSA) is 98.2 Å². The highest BCUT2D eigenvalue weighted by Crippen LogP contribution is 2.37. The van der Waals surface area contributed by atoms with Gasteiger partial charge in [-0.3, -0.25) is 9.59 Å². The summed E-state index contributed by atoms with van der Waals surface area (Å²) in [6.07, 6.45) is 1.92. The van der Waals surface area contributed by atoms with Gasteiger partial charge in [-0.2, -0.15) is 5.10 Å². The molecule has 0 saturated carbocycles. The molecule has 0 aliphatic heterocycles. The van der Waals surface area contributed by atoms with Crippen molar-refractivity contribution in [3.8, 4) is 17.2 Å². The summed E-state index contributed by atoms with van der Waals surface area (Å²) in [5, 5.41) is 7.46. The third-order valence-electron chi connectivity index (χ3n) is 5.78. The molecular weight excluding hydrogens is 598 g/mol. The molecule has 0 spiro atoms. The normalized spacial score (nSPS) is 11.8. The smallest absolute Gasteiger partial charge is 0.262 e. The summed E-state index contributed by atoms with van der Waals surface area (Å²) in [5.74, 6) is 0.947. The summed E-state index contributed by atoms with van der Waals surface area (Å²) in [6, 6.07) is 17.6. The Morgan fingerprint density at radius 2 is 1.77 bits per heavy atom. The molecule has 0 aliphatic rings. The zero-order valence-electron chi connectivity index (χ0n) is 22.9. The number of hydrogen-bond donors (Lipinski definition) is 2. The van der Waals surface area contributed by atoms with E-state index < -0.39 is 17.9 Å². The van der Waals surface area contributed by atoms with Crippen molar-refractivity contribution in [3.05, 3.63) is 86.8 Å². The largest absolute Gasteiger partial charge is 0.493 e. The first kappa shape index (κ1) is 31.0. The highest BCUT2D eigenvalue weighted by atomic mass is 79.9. The molecule has 3 rings (SSSR count). The van der Waals surface area contributed by atoms with E-state index in [1.807, 2.05) is 57.2 Å². The monoisotopic (exact) mass is 629 g/mol. The van der Waals surface area contributed by atoms with Crippen LogP contribution in [0.1, 0.15) is 37.0 Å². The fraction of sp³-hybridized carbons (Fsp3) is 0.300. The van der Waals surface area contributed by atoms with Crippen molar-refractivity contribution in [3.63, 3.8) is 0 Å². The van der Waals surface area contributed by atoms with Crippen molar-refractivity contribution in [2.75, 3.05) is 13.7 Å². The molecule has 0 aromatic heterocycles. The van der Waals surface area contributed by atoms with Crippen LogP contribution >= 0.6 is 27.5 Å². The number of para-hydroxylation sites is 1. The average molecular weight is 631 g/mol. The van der Waals surface area contributed by atoms with Gasteiger partial charge < -0.3 is 19.5 Å². The molecule has 212 valence electrons. The van der Waals surface area contributed by atoms with Crippen LogP contribution in [0.2, 0.25) is 5.02 Å².